The van der Waals surface area contributed by atoms with E-state index < -0.39 is 40.0 Å². The van der Waals surface area contributed by atoms with Gasteiger partial charge in [-0.3, -0.25) is 0 Å². The molecule has 0 fully saturated rings. The molecule has 25 heavy (non-hydrogen) atoms. The quantitative estimate of drug-likeness (QED) is 0.765. The maximum absolute atomic E-state index is 12.6. The van der Waals surface area contributed by atoms with Gasteiger partial charge in [0, 0.05) is 6.07 Å². The summed E-state index contributed by atoms with van der Waals surface area (Å²) in [4.78, 5) is 37.4. The smallest absolute Gasteiger partial charge is 0.345 e. The van der Waals surface area contributed by atoms with Crippen molar-refractivity contribution in [1.29, 1.82) is 5.26 Å². The molecule has 132 valence electrons. The zero-order chi connectivity index (χ0) is 18.8. The average molecular weight is 348 g/mol. The van der Waals surface area contributed by atoms with Crippen molar-refractivity contribution in [2.45, 2.75) is 26.2 Å². The molecule has 1 atom stereocenters. The first kappa shape index (κ1) is 18.1. The van der Waals surface area contributed by atoms with Crippen LogP contribution in [0.1, 0.15) is 25.2 Å². The second-order valence-electron chi connectivity index (χ2n) is 5.03. The Morgan fingerprint density at radius 2 is 1.96 bits per heavy atom. The normalized spacial score (nSPS) is 18.6. The van der Waals surface area contributed by atoms with Crippen LogP contribution in [0.15, 0.2) is 26.7 Å². The fourth-order valence-electron chi connectivity index (χ4n) is 2.54. The highest BCUT2D eigenvalue weighted by Gasteiger charge is 2.58. The molecule has 2 N–H and O–H groups in total. The van der Waals surface area contributed by atoms with E-state index in [1.165, 1.54) is 26.8 Å². The summed E-state index contributed by atoms with van der Waals surface area (Å²) in [6.45, 7) is 4.38. The van der Waals surface area contributed by atoms with Gasteiger partial charge in [0.05, 0.1) is 19.3 Å². The fourth-order valence-corrected chi connectivity index (χ4v) is 2.54. The maximum Gasteiger partial charge on any atom is 0.345 e. The van der Waals surface area contributed by atoms with Gasteiger partial charge in [-0.05, 0) is 20.8 Å². The topological polar surface area (TPSA) is 142 Å². The Kier molecular flexibility index (Phi) is 4.83. The van der Waals surface area contributed by atoms with Gasteiger partial charge < -0.3 is 24.4 Å². The number of nitriles is 1. The van der Waals surface area contributed by atoms with Crippen LogP contribution in [0.4, 0.5) is 0 Å². The number of fused-ring (bicyclic) bond motifs is 1. The molecule has 2 heterocycles. The van der Waals surface area contributed by atoms with Gasteiger partial charge in [0.15, 0.2) is 0 Å². The molecule has 0 aromatic carbocycles. The molecule has 1 aromatic heterocycles. The fraction of sp³-hybridized carbons (Fsp3) is 0.375. The lowest BCUT2D eigenvalue weighted by molar-refractivity contribution is -0.150. The van der Waals surface area contributed by atoms with Crippen molar-refractivity contribution >= 4 is 11.9 Å². The molecule has 0 bridgehead atoms. The zero-order valence-electron chi connectivity index (χ0n) is 13.9. The Labute approximate surface area is 142 Å². The van der Waals surface area contributed by atoms with Gasteiger partial charge in [-0.15, -0.1) is 0 Å². The Balaban J connectivity index is 2.89. The van der Waals surface area contributed by atoms with E-state index >= 15 is 0 Å². The second-order valence-corrected chi connectivity index (χ2v) is 5.03. The van der Waals surface area contributed by atoms with Crippen LogP contribution in [0.3, 0.4) is 0 Å². The van der Waals surface area contributed by atoms with Crippen molar-refractivity contribution in [3.8, 4) is 11.8 Å². The number of hydrogen-bond donors (Lipinski definition) is 1. The molecular weight excluding hydrogens is 332 g/mol. The lowest BCUT2D eigenvalue weighted by Crippen LogP contribution is -2.48. The molecule has 1 aliphatic rings. The zero-order valence-corrected chi connectivity index (χ0v) is 13.9. The van der Waals surface area contributed by atoms with Gasteiger partial charge >= 0.3 is 17.6 Å². The first-order chi connectivity index (χ1) is 11.8. The SMILES string of the molecule is CCOC(=O)C1=C(N)Oc2cc(C)oc(=O)c2C1(C#N)C(=O)OCC. The van der Waals surface area contributed by atoms with Crippen LogP contribution >= 0.6 is 0 Å². The van der Waals surface area contributed by atoms with E-state index in [9.17, 15) is 19.6 Å². The molecule has 0 saturated carbocycles. The minimum Gasteiger partial charge on any atom is -0.464 e. The first-order valence-corrected chi connectivity index (χ1v) is 7.42. The van der Waals surface area contributed by atoms with E-state index in [4.69, 9.17) is 24.4 Å². The summed E-state index contributed by atoms with van der Waals surface area (Å²) >= 11 is 0. The van der Waals surface area contributed by atoms with Crippen LogP contribution in [0.5, 0.6) is 5.75 Å². The molecular formula is C16H16N2O7. The van der Waals surface area contributed by atoms with Crippen molar-refractivity contribution in [3.63, 3.8) is 0 Å². The van der Waals surface area contributed by atoms with E-state index in [1.54, 1.807) is 6.07 Å². The third-order valence-electron chi connectivity index (χ3n) is 3.48. The molecule has 1 aromatic rings. The van der Waals surface area contributed by atoms with E-state index in [1.807, 2.05) is 0 Å². The average Bonchev–Trinajstić information content (AvgIpc) is 2.53. The molecule has 1 unspecified atom stereocenters. The summed E-state index contributed by atoms with van der Waals surface area (Å²) in [6.07, 6.45) is 0. The van der Waals surface area contributed by atoms with Crippen LogP contribution in [0, 0.1) is 18.3 Å². The van der Waals surface area contributed by atoms with Gasteiger partial charge in [-0.2, -0.15) is 5.26 Å². The standard InChI is InChI=1S/C16H16N2O7/c1-4-22-13(19)11-12(18)25-9-6-8(3)24-14(20)10(9)16(11,7-17)15(21)23-5-2/h6H,4-5,18H2,1-3H3. The number of hydrogen-bond acceptors (Lipinski definition) is 9. The lowest BCUT2D eigenvalue weighted by atomic mass is 9.74. The Morgan fingerprint density at radius 1 is 1.32 bits per heavy atom. The molecule has 9 heteroatoms. The number of nitrogens with zero attached hydrogens (tertiary/aromatic N) is 1. The number of carbonyl (C=O) groups is 2. The third kappa shape index (κ3) is 2.71. The molecule has 1 aliphatic heterocycles. The molecule has 0 aliphatic carbocycles. The predicted octanol–water partition coefficient (Wildman–Crippen LogP) is 0.398. The highest BCUT2D eigenvalue weighted by atomic mass is 16.5. The summed E-state index contributed by atoms with van der Waals surface area (Å²) in [6, 6.07) is 2.97. The van der Waals surface area contributed by atoms with Crippen molar-refractivity contribution < 1.29 is 28.2 Å². The highest BCUT2D eigenvalue weighted by molar-refractivity contribution is 6.05. The Morgan fingerprint density at radius 3 is 2.52 bits per heavy atom. The van der Waals surface area contributed by atoms with Crippen molar-refractivity contribution in [2.24, 2.45) is 5.73 Å². The summed E-state index contributed by atoms with van der Waals surface area (Å²) < 4.78 is 20.1. The van der Waals surface area contributed by atoms with Gasteiger partial charge in [-0.25, -0.2) is 14.4 Å². The van der Waals surface area contributed by atoms with Crippen molar-refractivity contribution in [3.05, 3.63) is 39.3 Å². The van der Waals surface area contributed by atoms with E-state index in [0.29, 0.717) is 0 Å². The number of rotatable bonds is 4. The lowest BCUT2D eigenvalue weighted by Gasteiger charge is -2.31. The molecule has 9 nitrogen and oxygen atoms in total. The van der Waals surface area contributed by atoms with E-state index in [2.05, 4.69) is 0 Å². The first-order valence-electron chi connectivity index (χ1n) is 7.42. The molecule has 0 amide bonds. The Hall–Kier alpha value is -3.28. The van der Waals surface area contributed by atoms with Gasteiger partial charge in [-0.1, -0.05) is 0 Å². The molecule has 0 spiro atoms. The summed E-state index contributed by atoms with van der Waals surface area (Å²) in [7, 11) is 0. The summed E-state index contributed by atoms with van der Waals surface area (Å²) in [5, 5.41) is 9.80. The van der Waals surface area contributed by atoms with Gasteiger partial charge in [0.2, 0.25) is 11.3 Å². The predicted molar refractivity (Wildman–Crippen MR) is 82.1 cm³/mol. The van der Waals surface area contributed by atoms with Crippen molar-refractivity contribution in [1.82, 2.24) is 0 Å². The minimum absolute atomic E-state index is 0.0463. The van der Waals surface area contributed by atoms with E-state index in [0.717, 1.165) is 0 Å². The van der Waals surface area contributed by atoms with E-state index in [-0.39, 0.29) is 24.7 Å². The summed E-state index contributed by atoms with van der Waals surface area (Å²) in [5.41, 5.74) is 1.22. The third-order valence-corrected chi connectivity index (χ3v) is 3.48. The monoisotopic (exact) mass is 348 g/mol. The number of nitrogens with two attached hydrogens (primary N) is 1. The molecule has 0 saturated heterocycles. The van der Waals surface area contributed by atoms with Crippen LogP contribution < -0.4 is 16.1 Å². The van der Waals surface area contributed by atoms with Crippen LogP contribution in [-0.4, -0.2) is 25.2 Å². The second kappa shape index (κ2) is 6.68. The van der Waals surface area contributed by atoms with Gasteiger partial charge in [0.25, 0.3) is 0 Å². The summed E-state index contributed by atoms with van der Waals surface area (Å²) in [5.74, 6) is -2.73. The van der Waals surface area contributed by atoms with Crippen LogP contribution in [0.2, 0.25) is 0 Å². The highest BCUT2D eigenvalue weighted by Crippen LogP contribution is 2.42. The van der Waals surface area contributed by atoms with Crippen LogP contribution in [0.25, 0.3) is 0 Å². The largest absolute Gasteiger partial charge is 0.464 e. The molecule has 2 rings (SSSR count). The number of esters is 2. The number of carbonyl (C=O) groups excluding carboxylic acids is 2. The van der Waals surface area contributed by atoms with Crippen molar-refractivity contribution in [2.75, 3.05) is 13.2 Å². The Bertz CT molecular complexity index is 862. The maximum atomic E-state index is 12.6. The number of ether oxygens (including phenoxy) is 3. The minimum atomic E-state index is -2.45. The molecule has 0 radical (unpaired) electrons. The van der Waals surface area contributed by atoms with Crippen LogP contribution in [-0.2, 0) is 24.5 Å². The number of aryl methyl sites for hydroxylation is 1. The van der Waals surface area contributed by atoms with Gasteiger partial charge in [0.1, 0.15) is 22.6 Å².